The van der Waals surface area contributed by atoms with Crippen LogP contribution in [0.4, 0.5) is 5.82 Å². The van der Waals surface area contributed by atoms with Crippen molar-refractivity contribution in [3.63, 3.8) is 0 Å². The molecule has 0 amide bonds. The first-order valence-corrected chi connectivity index (χ1v) is 9.65. The highest BCUT2D eigenvalue weighted by Crippen LogP contribution is 2.33. The van der Waals surface area contributed by atoms with Crippen LogP contribution in [-0.4, -0.2) is 62.5 Å². The van der Waals surface area contributed by atoms with E-state index in [1.165, 1.54) is 10.4 Å². The van der Waals surface area contributed by atoms with Crippen LogP contribution in [0.2, 0.25) is 0 Å². The van der Waals surface area contributed by atoms with Gasteiger partial charge in [0.15, 0.2) is 0 Å². The van der Waals surface area contributed by atoms with Gasteiger partial charge in [0.05, 0.1) is 31.7 Å². The molecule has 0 aliphatic carbocycles. The molecule has 0 spiro atoms. The maximum atomic E-state index is 5.43. The minimum absolute atomic E-state index is 0.737. The van der Waals surface area contributed by atoms with Crippen molar-refractivity contribution < 1.29 is 4.74 Å². The number of hydrogen-bond acceptors (Lipinski definition) is 8. The Morgan fingerprint density at radius 2 is 2.08 bits per heavy atom. The molecule has 1 N–H and O–H groups in total. The summed E-state index contributed by atoms with van der Waals surface area (Å²) in [5.41, 5.74) is 1.26. The summed E-state index contributed by atoms with van der Waals surface area (Å²) in [6.07, 6.45) is 3.27. The smallest absolute Gasteiger partial charge is 0.146 e. The summed E-state index contributed by atoms with van der Waals surface area (Å²) in [5, 5.41) is 8.76. The lowest BCUT2D eigenvalue weighted by molar-refractivity contribution is 0.0331. The van der Waals surface area contributed by atoms with Crippen molar-refractivity contribution >= 4 is 27.4 Å². The topological polar surface area (TPSA) is 81.0 Å². The quantitative estimate of drug-likeness (QED) is 0.706. The number of aryl methyl sites for hydroxylation is 2. The molecule has 26 heavy (non-hydrogen) atoms. The zero-order valence-corrected chi connectivity index (χ0v) is 15.9. The van der Waals surface area contributed by atoms with Crippen LogP contribution in [-0.2, 0) is 17.8 Å². The Kier molecular flexibility index (Phi) is 5.09. The lowest BCUT2D eigenvalue weighted by Gasteiger charge is -2.25. The monoisotopic (exact) mass is 373 g/mol. The average Bonchev–Trinajstić information content (AvgIpc) is 3.24. The van der Waals surface area contributed by atoms with E-state index in [0.717, 1.165) is 67.8 Å². The fraction of sp³-hybridized carbons (Fsp3) is 0.529. The molecule has 0 unspecified atom stereocenters. The van der Waals surface area contributed by atoms with Gasteiger partial charge in [0.1, 0.15) is 29.1 Å². The molecule has 3 aromatic rings. The van der Waals surface area contributed by atoms with Gasteiger partial charge in [-0.05, 0) is 19.4 Å². The van der Waals surface area contributed by atoms with Gasteiger partial charge in [0.25, 0.3) is 0 Å². The zero-order chi connectivity index (χ0) is 17.9. The molecule has 0 radical (unpaired) electrons. The third kappa shape index (κ3) is 3.69. The Balaban J connectivity index is 1.57. The van der Waals surface area contributed by atoms with E-state index in [-0.39, 0.29) is 0 Å². The zero-order valence-electron chi connectivity index (χ0n) is 15.1. The van der Waals surface area contributed by atoms with Crippen molar-refractivity contribution in [2.45, 2.75) is 26.9 Å². The van der Waals surface area contributed by atoms with E-state index >= 15 is 0 Å². The first-order chi connectivity index (χ1) is 12.7. The number of fused-ring (bicyclic) bond motifs is 1. The van der Waals surface area contributed by atoms with Crippen LogP contribution in [0.1, 0.15) is 16.3 Å². The standard InChI is InChI=1S/C17H23N7OS/c1-12-13(2)26-17-15(12)16(19-3-4-24-11-18-10-20-24)21-14(22-17)9-23-5-7-25-8-6-23/h10-11H,3-9H2,1-2H3,(H,19,21,22). The van der Waals surface area contributed by atoms with E-state index in [4.69, 9.17) is 14.7 Å². The van der Waals surface area contributed by atoms with Gasteiger partial charge in [0.2, 0.25) is 0 Å². The van der Waals surface area contributed by atoms with Crippen LogP contribution in [0.25, 0.3) is 10.2 Å². The molecule has 1 saturated heterocycles. The third-order valence-corrected chi connectivity index (χ3v) is 5.74. The van der Waals surface area contributed by atoms with E-state index in [2.05, 4.69) is 34.1 Å². The molecule has 1 fully saturated rings. The van der Waals surface area contributed by atoms with Crippen molar-refractivity contribution in [3.8, 4) is 0 Å². The highest BCUT2D eigenvalue weighted by molar-refractivity contribution is 7.18. The number of rotatable bonds is 6. The third-order valence-electron chi connectivity index (χ3n) is 4.64. The molecule has 138 valence electrons. The minimum atomic E-state index is 0.737. The Bertz CT molecular complexity index is 871. The summed E-state index contributed by atoms with van der Waals surface area (Å²) in [7, 11) is 0. The Morgan fingerprint density at radius 3 is 2.85 bits per heavy atom. The maximum Gasteiger partial charge on any atom is 0.146 e. The number of hydrogen-bond donors (Lipinski definition) is 1. The fourth-order valence-corrected chi connectivity index (χ4v) is 4.14. The fourth-order valence-electron chi connectivity index (χ4n) is 3.09. The molecule has 0 saturated carbocycles. The van der Waals surface area contributed by atoms with Crippen LogP contribution in [0.5, 0.6) is 0 Å². The summed E-state index contributed by atoms with van der Waals surface area (Å²) in [6.45, 7) is 9.94. The summed E-state index contributed by atoms with van der Waals surface area (Å²) in [6, 6.07) is 0. The Labute approximate surface area is 156 Å². The van der Waals surface area contributed by atoms with E-state index in [1.807, 2.05) is 4.68 Å². The SMILES string of the molecule is Cc1sc2nc(CN3CCOCC3)nc(NCCn3cncn3)c2c1C. The number of nitrogens with one attached hydrogen (secondary N) is 1. The molecule has 1 aliphatic rings. The summed E-state index contributed by atoms with van der Waals surface area (Å²) in [5.74, 6) is 1.78. The van der Waals surface area contributed by atoms with Gasteiger partial charge in [-0.15, -0.1) is 11.3 Å². The van der Waals surface area contributed by atoms with Crippen LogP contribution < -0.4 is 5.32 Å². The molecule has 4 rings (SSSR count). The van der Waals surface area contributed by atoms with Crippen LogP contribution >= 0.6 is 11.3 Å². The minimum Gasteiger partial charge on any atom is -0.379 e. The van der Waals surface area contributed by atoms with E-state index < -0.39 is 0 Å². The van der Waals surface area contributed by atoms with Crippen molar-refractivity contribution in [2.24, 2.45) is 0 Å². The Morgan fingerprint density at radius 1 is 1.23 bits per heavy atom. The van der Waals surface area contributed by atoms with Gasteiger partial charge in [0, 0.05) is 24.5 Å². The molecule has 1 aliphatic heterocycles. The van der Waals surface area contributed by atoms with E-state index in [1.54, 1.807) is 24.0 Å². The van der Waals surface area contributed by atoms with E-state index in [9.17, 15) is 0 Å². The number of nitrogens with zero attached hydrogens (tertiary/aromatic N) is 6. The van der Waals surface area contributed by atoms with Crippen molar-refractivity contribution in [2.75, 3.05) is 38.2 Å². The molecule has 4 heterocycles. The maximum absolute atomic E-state index is 5.43. The summed E-state index contributed by atoms with van der Waals surface area (Å²) in [4.78, 5) is 18.3. The number of anilines is 1. The Hall–Kier alpha value is -2.10. The van der Waals surface area contributed by atoms with Crippen molar-refractivity contribution in [1.82, 2.24) is 29.6 Å². The predicted molar refractivity (Wildman–Crippen MR) is 101 cm³/mol. The van der Waals surface area contributed by atoms with Gasteiger partial charge in [-0.3, -0.25) is 9.58 Å². The molecule has 0 atom stereocenters. The molecular weight excluding hydrogens is 350 g/mol. The molecule has 3 aromatic heterocycles. The van der Waals surface area contributed by atoms with E-state index in [0.29, 0.717) is 0 Å². The van der Waals surface area contributed by atoms with Crippen LogP contribution in [0.3, 0.4) is 0 Å². The van der Waals surface area contributed by atoms with Gasteiger partial charge >= 0.3 is 0 Å². The highest BCUT2D eigenvalue weighted by Gasteiger charge is 2.17. The average molecular weight is 373 g/mol. The molecule has 0 aromatic carbocycles. The van der Waals surface area contributed by atoms with Gasteiger partial charge in [-0.1, -0.05) is 0 Å². The second-order valence-corrected chi connectivity index (χ2v) is 7.63. The normalized spacial score (nSPS) is 15.6. The predicted octanol–water partition coefficient (Wildman–Crippen LogP) is 1.84. The van der Waals surface area contributed by atoms with Gasteiger partial charge in [-0.25, -0.2) is 15.0 Å². The lowest BCUT2D eigenvalue weighted by atomic mass is 10.2. The lowest BCUT2D eigenvalue weighted by Crippen LogP contribution is -2.36. The molecule has 0 bridgehead atoms. The first kappa shape index (κ1) is 17.3. The molecular formula is C17H23N7OS. The van der Waals surface area contributed by atoms with Crippen molar-refractivity contribution in [1.29, 1.82) is 0 Å². The molecule has 9 heteroatoms. The summed E-state index contributed by atoms with van der Waals surface area (Å²) >= 11 is 1.74. The van der Waals surface area contributed by atoms with Gasteiger partial charge in [-0.2, -0.15) is 5.10 Å². The van der Waals surface area contributed by atoms with Crippen LogP contribution in [0, 0.1) is 13.8 Å². The first-order valence-electron chi connectivity index (χ1n) is 8.83. The largest absolute Gasteiger partial charge is 0.379 e. The second kappa shape index (κ2) is 7.65. The highest BCUT2D eigenvalue weighted by atomic mass is 32.1. The second-order valence-electron chi connectivity index (χ2n) is 6.43. The number of morpholine rings is 1. The molecule has 8 nitrogen and oxygen atoms in total. The number of ether oxygens (including phenoxy) is 1. The van der Waals surface area contributed by atoms with Gasteiger partial charge < -0.3 is 10.1 Å². The van der Waals surface area contributed by atoms with Crippen molar-refractivity contribution in [3.05, 3.63) is 28.9 Å². The van der Waals surface area contributed by atoms with Crippen LogP contribution in [0.15, 0.2) is 12.7 Å². The number of thiophene rings is 1. The number of aromatic nitrogens is 5. The summed E-state index contributed by atoms with van der Waals surface area (Å²) < 4.78 is 7.24.